The predicted octanol–water partition coefficient (Wildman–Crippen LogP) is 4.84. The minimum atomic E-state index is 0.793. The van der Waals surface area contributed by atoms with E-state index in [9.17, 15) is 0 Å². The van der Waals surface area contributed by atoms with Gasteiger partial charge in [-0.3, -0.25) is 0 Å². The summed E-state index contributed by atoms with van der Waals surface area (Å²) in [7, 11) is 5.03. The lowest BCUT2D eigenvalue weighted by molar-refractivity contribution is 0.395. The van der Waals surface area contributed by atoms with Gasteiger partial charge in [-0.05, 0) is 47.0 Å². The van der Waals surface area contributed by atoms with E-state index in [4.69, 9.17) is 14.2 Å². The number of rotatable bonds is 4. The lowest BCUT2D eigenvalue weighted by Crippen LogP contribution is -1.94. The van der Waals surface area contributed by atoms with Crippen molar-refractivity contribution in [2.75, 3.05) is 21.3 Å². The van der Waals surface area contributed by atoms with Gasteiger partial charge >= 0.3 is 0 Å². The fourth-order valence-electron chi connectivity index (χ4n) is 2.94. The molecule has 0 radical (unpaired) electrons. The lowest BCUT2D eigenvalue weighted by Gasteiger charge is -2.16. The summed E-state index contributed by atoms with van der Waals surface area (Å²) in [4.78, 5) is 0. The molecule has 0 aromatic heterocycles. The maximum absolute atomic E-state index is 5.62. The van der Waals surface area contributed by atoms with E-state index >= 15 is 0 Å². The van der Waals surface area contributed by atoms with Crippen LogP contribution in [-0.4, -0.2) is 21.3 Å². The molecular formula is C20H20O3. The van der Waals surface area contributed by atoms with Crippen LogP contribution in [0.1, 0.15) is 5.56 Å². The first kappa shape index (κ1) is 15.2. The Morgan fingerprint density at radius 2 is 1.52 bits per heavy atom. The molecular weight excluding hydrogens is 288 g/mol. The van der Waals surface area contributed by atoms with Crippen LogP contribution in [0.4, 0.5) is 0 Å². The summed E-state index contributed by atoms with van der Waals surface area (Å²) >= 11 is 0. The minimum Gasteiger partial charge on any atom is -0.497 e. The molecule has 0 atom stereocenters. The van der Waals surface area contributed by atoms with Crippen LogP contribution in [0.15, 0.2) is 48.5 Å². The molecule has 3 rings (SSSR count). The fourth-order valence-corrected chi connectivity index (χ4v) is 2.94. The van der Waals surface area contributed by atoms with Crippen LogP contribution in [0.5, 0.6) is 17.2 Å². The number of hydrogen-bond donors (Lipinski definition) is 0. The Morgan fingerprint density at radius 1 is 0.739 bits per heavy atom. The summed E-state index contributed by atoms with van der Waals surface area (Å²) in [6, 6.07) is 16.3. The van der Waals surface area contributed by atoms with Crippen LogP contribution in [0, 0.1) is 6.92 Å². The summed E-state index contributed by atoms with van der Waals surface area (Å²) in [6.07, 6.45) is 0. The summed E-state index contributed by atoms with van der Waals surface area (Å²) in [6.45, 7) is 2.07. The van der Waals surface area contributed by atoms with E-state index < -0.39 is 0 Å². The van der Waals surface area contributed by atoms with Crippen LogP contribution in [0.25, 0.3) is 21.9 Å². The van der Waals surface area contributed by atoms with Crippen LogP contribution in [0.3, 0.4) is 0 Å². The van der Waals surface area contributed by atoms with E-state index in [1.807, 2.05) is 18.2 Å². The molecule has 118 valence electrons. The second-order valence-electron chi connectivity index (χ2n) is 5.41. The Kier molecular flexibility index (Phi) is 4.11. The molecule has 0 saturated heterocycles. The van der Waals surface area contributed by atoms with Crippen molar-refractivity contribution in [3.8, 4) is 28.4 Å². The molecule has 0 heterocycles. The average Bonchev–Trinajstić information content (AvgIpc) is 2.60. The molecule has 0 spiro atoms. The van der Waals surface area contributed by atoms with Crippen molar-refractivity contribution in [2.24, 2.45) is 0 Å². The van der Waals surface area contributed by atoms with Gasteiger partial charge in [-0.2, -0.15) is 0 Å². The molecule has 3 nitrogen and oxygen atoms in total. The first-order chi connectivity index (χ1) is 11.2. The van der Waals surface area contributed by atoms with Gasteiger partial charge in [0.15, 0.2) is 0 Å². The zero-order valence-corrected chi connectivity index (χ0v) is 13.8. The van der Waals surface area contributed by atoms with E-state index in [1.165, 1.54) is 5.39 Å². The van der Waals surface area contributed by atoms with Crippen molar-refractivity contribution in [1.82, 2.24) is 0 Å². The van der Waals surface area contributed by atoms with Gasteiger partial charge in [-0.1, -0.05) is 24.3 Å². The molecule has 3 aromatic carbocycles. The standard InChI is InChI=1S/C20H20O3/c1-13-10-16(22-3)12-19(23-4)20(13)17-7-5-6-14-8-9-15(21-2)11-18(14)17/h5-12H,1-4H3. The van der Waals surface area contributed by atoms with E-state index in [-0.39, 0.29) is 0 Å². The highest BCUT2D eigenvalue weighted by Crippen LogP contribution is 2.40. The Balaban J connectivity index is 2.32. The topological polar surface area (TPSA) is 27.7 Å². The van der Waals surface area contributed by atoms with E-state index in [0.717, 1.165) is 39.3 Å². The third-order valence-electron chi connectivity index (χ3n) is 4.09. The molecule has 0 amide bonds. The zero-order chi connectivity index (χ0) is 16.4. The van der Waals surface area contributed by atoms with Gasteiger partial charge in [0.1, 0.15) is 17.2 Å². The monoisotopic (exact) mass is 308 g/mol. The van der Waals surface area contributed by atoms with E-state index in [2.05, 4.69) is 37.3 Å². The highest BCUT2D eigenvalue weighted by Gasteiger charge is 2.14. The molecule has 0 fully saturated rings. The van der Waals surface area contributed by atoms with Crippen molar-refractivity contribution < 1.29 is 14.2 Å². The molecule has 0 saturated carbocycles. The number of hydrogen-bond acceptors (Lipinski definition) is 3. The number of methoxy groups -OCH3 is 3. The minimum absolute atomic E-state index is 0.793. The largest absolute Gasteiger partial charge is 0.497 e. The molecule has 23 heavy (non-hydrogen) atoms. The lowest BCUT2D eigenvalue weighted by atomic mass is 9.94. The van der Waals surface area contributed by atoms with Gasteiger partial charge in [-0.15, -0.1) is 0 Å². The van der Waals surface area contributed by atoms with Gasteiger partial charge in [0.25, 0.3) is 0 Å². The van der Waals surface area contributed by atoms with Crippen LogP contribution >= 0.6 is 0 Å². The number of fused-ring (bicyclic) bond motifs is 1. The van der Waals surface area contributed by atoms with E-state index in [1.54, 1.807) is 21.3 Å². The molecule has 0 aliphatic carbocycles. The molecule has 3 heteroatoms. The molecule has 3 aromatic rings. The Bertz CT molecular complexity index is 853. The quantitative estimate of drug-likeness (QED) is 0.690. The van der Waals surface area contributed by atoms with E-state index in [0.29, 0.717) is 0 Å². The highest BCUT2D eigenvalue weighted by atomic mass is 16.5. The third kappa shape index (κ3) is 2.70. The Hall–Kier alpha value is -2.68. The summed E-state index contributed by atoms with van der Waals surface area (Å²) in [5, 5.41) is 2.30. The van der Waals surface area contributed by atoms with Crippen molar-refractivity contribution >= 4 is 10.8 Å². The SMILES string of the molecule is COc1cc(C)c(-c2cccc3ccc(OC)cc23)c(OC)c1. The van der Waals surface area contributed by atoms with Crippen LogP contribution in [-0.2, 0) is 0 Å². The molecule has 0 aliphatic rings. The van der Waals surface area contributed by atoms with Gasteiger partial charge in [-0.25, -0.2) is 0 Å². The van der Waals surface area contributed by atoms with Crippen molar-refractivity contribution in [1.29, 1.82) is 0 Å². The smallest absolute Gasteiger partial charge is 0.130 e. The number of benzene rings is 3. The Labute approximate surface area is 136 Å². The molecule has 0 unspecified atom stereocenters. The predicted molar refractivity (Wildman–Crippen MR) is 93.8 cm³/mol. The second-order valence-corrected chi connectivity index (χ2v) is 5.41. The first-order valence-electron chi connectivity index (χ1n) is 7.47. The summed E-state index contributed by atoms with van der Waals surface area (Å²) < 4.78 is 16.4. The fraction of sp³-hybridized carbons (Fsp3) is 0.200. The van der Waals surface area contributed by atoms with Gasteiger partial charge < -0.3 is 14.2 Å². The average molecular weight is 308 g/mol. The molecule has 0 bridgehead atoms. The van der Waals surface area contributed by atoms with Crippen LogP contribution < -0.4 is 14.2 Å². The second kappa shape index (κ2) is 6.21. The van der Waals surface area contributed by atoms with Gasteiger partial charge in [0, 0.05) is 11.6 Å². The Morgan fingerprint density at radius 3 is 2.22 bits per heavy atom. The summed E-state index contributed by atoms with van der Waals surface area (Å²) in [5.74, 6) is 2.44. The maximum Gasteiger partial charge on any atom is 0.130 e. The van der Waals surface area contributed by atoms with Crippen LogP contribution in [0.2, 0.25) is 0 Å². The van der Waals surface area contributed by atoms with Crippen molar-refractivity contribution in [3.63, 3.8) is 0 Å². The summed E-state index contributed by atoms with van der Waals surface area (Å²) in [5.41, 5.74) is 3.31. The molecule has 0 N–H and O–H groups in total. The zero-order valence-electron chi connectivity index (χ0n) is 13.8. The highest BCUT2D eigenvalue weighted by molar-refractivity contribution is 5.99. The number of aryl methyl sites for hydroxylation is 1. The third-order valence-corrected chi connectivity index (χ3v) is 4.09. The maximum atomic E-state index is 5.62. The van der Waals surface area contributed by atoms with Crippen molar-refractivity contribution in [2.45, 2.75) is 6.92 Å². The normalized spacial score (nSPS) is 10.6. The molecule has 0 aliphatic heterocycles. The van der Waals surface area contributed by atoms with Crippen molar-refractivity contribution in [3.05, 3.63) is 54.1 Å². The van der Waals surface area contributed by atoms with Gasteiger partial charge in [0.05, 0.1) is 21.3 Å². The van der Waals surface area contributed by atoms with Gasteiger partial charge in [0.2, 0.25) is 0 Å². The number of ether oxygens (including phenoxy) is 3. The first-order valence-corrected chi connectivity index (χ1v) is 7.47.